The fraction of sp³-hybridized carbons (Fsp3) is 0.500. The second-order valence-corrected chi connectivity index (χ2v) is 3.66. The summed E-state index contributed by atoms with van der Waals surface area (Å²) in [7, 11) is 0. The molecule has 56 valence electrons. The maximum absolute atomic E-state index is 3.66. The van der Waals surface area contributed by atoms with Crippen LogP contribution < -0.4 is 5.32 Å². The van der Waals surface area contributed by atoms with Gasteiger partial charge in [0.15, 0.2) is 0 Å². The Morgan fingerprint density at radius 2 is 2.70 bits per heavy atom. The lowest BCUT2D eigenvalue weighted by molar-refractivity contribution is 0.619. The van der Waals surface area contributed by atoms with E-state index in [-0.39, 0.29) is 0 Å². The molecule has 0 aromatic heterocycles. The molecule has 0 spiro atoms. The Kier molecular flexibility index (Phi) is 3.42. The molecule has 0 heterocycles. The Bertz CT molecular complexity index is 151. The van der Waals surface area contributed by atoms with Gasteiger partial charge in [0, 0.05) is 16.2 Å². The Morgan fingerprint density at radius 1 is 1.90 bits per heavy atom. The summed E-state index contributed by atoms with van der Waals surface area (Å²) in [5.74, 6) is 0. The molecule has 0 saturated heterocycles. The Morgan fingerprint density at radius 3 is 3.20 bits per heavy atom. The molecule has 0 fully saturated rings. The Hall–Kier alpha value is 0.170. The van der Waals surface area contributed by atoms with E-state index in [0.29, 0.717) is 6.04 Å². The van der Waals surface area contributed by atoms with Gasteiger partial charge in [0.2, 0.25) is 0 Å². The lowest BCUT2D eigenvalue weighted by atomic mass is 10.2. The number of hydrogen-bond acceptors (Lipinski definition) is 1. The predicted octanol–water partition coefficient (Wildman–Crippen LogP) is 2.24. The molecular formula is C8H12IN. The van der Waals surface area contributed by atoms with E-state index in [2.05, 4.69) is 40.6 Å². The van der Waals surface area contributed by atoms with Gasteiger partial charge in [-0.15, -0.1) is 6.58 Å². The fourth-order valence-corrected chi connectivity index (χ4v) is 1.94. The maximum atomic E-state index is 3.66. The summed E-state index contributed by atoms with van der Waals surface area (Å²) in [5.41, 5.74) is 0. The molecule has 0 radical (unpaired) electrons. The first-order chi connectivity index (χ1) is 4.84. The molecule has 0 bridgehead atoms. The summed E-state index contributed by atoms with van der Waals surface area (Å²) in [6.07, 6.45) is 6.68. The van der Waals surface area contributed by atoms with E-state index in [1.807, 2.05) is 6.08 Å². The van der Waals surface area contributed by atoms with Crippen LogP contribution in [0.5, 0.6) is 0 Å². The molecule has 0 aromatic rings. The highest BCUT2D eigenvalue weighted by atomic mass is 127. The van der Waals surface area contributed by atoms with Crippen LogP contribution in [-0.4, -0.2) is 12.6 Å². The third-order valence-corrected chi connectivity index (χ3v) is 2.83. The molecule has 0 aromatic carbocycles. The molecular weight excluding hydrogens is 237 g/mol. The van der Waals surface area contributed by atoms with Crippen LogP contribution in [0.3, 0.4) is 0 Å². The predicted molar refractivity (Wildman–Crippen MR) is 53.3 cm³/mol. The number of rotatable bonds is 3. The van der Waals surface area contributed by atoms with E-state index >= 15 is 0 Å². The number of allylic oxidation sites excluding steroid dienone is 1. The topological polar surface area (TPSA) is 12.0 Å². The van der Waals surface area contributed by atoms with Crippen molar-refractivity contribution in [3.8, 4) is 0 Å². The van der Waals surface area contributed by atoms with Gasteiger partial charge in [-0.1, -0.05) is 12.2 Å². The molecule has 0 saturated carbocycles. The van der Waals surface area contributed by atoms with Crippen LogP contribution in [0.1, 0.15) is 12.8 Å². The van der Waals surface area contributed by atoms with Crippen LogP contribution in [-0.2, 0) is 0 Å². The lowest BCUT2D eigenvalue weighted by Crippen LogP contribution is -2.26. The van der Waals surface area contributed by atoms with E-state index < -0.39 is 0 Å². The lowest BCUT2D eigenvalue weighted by Gasteiger charge is -2.10. The van der Waals surface area contributed by atoms with Gasteiger partial charge in [-0.3, -0.25) is 0 Å². The number of hydrogen-bond donors (Lipinski definition) is 1. The van der Waals surface area contributed by atoms with Crippen molar-refractivity contribution in [2.75, 3.05) is 6.54 Å². The van der Waals surface area contributed by atoms with Crippen LogP contribution in [0.4, 0.5) is 0 Å². The van der Waals surface area contributed by atoms with E-state index in [0.717, 1.165) is 6.54 Å². The summed E-state index contributed by atoms with van der Waals surface area (Å²) < 4.78 is 1.46. The molecule has 2 heteroatoms. The number of halogens is 1. The minimum Gasteiger partial charge on any atom is -0.306 e. The molecule has 0 aliphatic heterocycles. The van der Waals surface area contributed by atoms with Crippen molar-refractivity contribution in [2.24, 2.45) is 0 Å². The van der Waals surface area contributed by atoms with Gasteiger partial charge < -0.3 is 5.32 Å². The second-order valence-electron chi connectivity index (χ2n) is 2.42. The average molecular weight is 249 g/mol. The molecule has 1 aliphatic carbocycles. The fourth-order valence-electron chi connectivity index (χ4n) is 1.09. The van der Waals surface area contributed by atoms with Crippen molar-refractivity contribution < 1.29 is 0 Å². The summed E-state index contributed by atoms with van der Waals surface area (Å²) >= 11 is 2.40. The van der Waals surface area contributed by atoms with Crippen LogP contribution in [0.15, 0.2) is 22.3 Å². The van der Waals surface area contributed by atoms with E-state index in [9.17, 15) is 0 Å². The Balaban J connectivity index is 2.28. The van der Waals surface area contributed by atoms with Crippen LogP contribution in [0.25, 0.3) is 0 Å². The smallest absolute Gasteiger partial charge is 0.0380 e. The van der Waals surface area contributed by atoms with Crippen molar-refractivity contribution >= 4 is 22.6 Å². The standard InChI is InChI=1S/C8H12IN/c1-2-6-10-8-5-3-4-7(8)9/h2,4,8,10H,1,3,5-6H2. The van der Waals surface area contributed by atoms with E-state index in [1.165, 1.54) is 16.4 Å². The van der Waals surface area contributed by atoms with Crippen molar-refractivity contribution in [1.82, 2.24) is 5.32 Å². The molecule has 1 rings (SSSR count). The first-order valence-corrected chi connectivity index (χ1v) is 4.62. The zero-order chi connectivity index (χ0) is 7.40. The van der Waals surface area contributed by atoms with Crippen molar-refractivity contribution in [3.63, 3.8) is 0 Å². The molecule has 1 unspecified atom stereocenters. The molecule has 0 amide bonds. The SMILES string of the molecule is C=CCNC1CCC=C1I. The van der Waals surface area contributed by atoms with Gasteiger partial charge >= 0.3 is 0 Å². The summed E-state index contributed by atoms with van der Waals surface area (Å²) in [6.45, 7) is 4.58. The average Bonchev–Trinajstić information content (AvgIpc) is 2.31. The highest BCUT2D eigenvalue weighted by Crippen LogP contribution is 2.23. The van der Waals surface area contributed by atoms with Crippen molar-refractivity contribution in [2.45, 2.75) is 18.9 Å². The molecule has 1 N–H and O–H groups in total. The Labute approximate surface area is 75.7 Å². The second kappa shape index (κ2) is 4.13. The summed E-state index contributed by atoms with van der Waals surface area (Å²) in [4.78, 5) is 0. The van der Waals surface area contributed by atoms with Gasteiger partial charge in [0.25, 0.3) is 0 Å². The summed E-state index contributed by atoms with van der Waals surface area (Å²) in [5, 5.41) is 3.39. The first kappa shape index (κ1) is 8.27. The third-order valence-electron chi connectivity index (χ3n) is 1.64. The third kappa shape index (κ3) is 2.09. The van der Waals surface area contributed by atoms with Crippen LogP contribution in [0.2, 0.25) is 0 Å². The van der Waals surface area contributed by atoms with Crippen molar-refractivity contribution in [1.29, 1.82) is 0 Å². The minimum atomic E-state index is 0.610. The maximum Gasteiger partial charge on any atom is 0.0380 e. The zero-order valence-electron chi connectivity index (χ0n) is 5.94. The molecule has 1 atom stereocenters. The van der Waals surface area contributed by atoms with E-state index in [4.69, 9.17) is 0 Å². The molecule has 1 nitrogen and oxygen atoms in total. The highest BCUT2D eigenvalue weighted by Gasteiger charge is 2.14. The van der Waals surface area contributed by atoms with Crippen LogP contribution in [0, 0.1) is 0 Å². The van der Waals surface area contributed by atoms with Crippen LogP contribution >= 0.6 is 22.6 Å². The quantitative estimate of drug-likeness (QED) is 0.597. The highest BCUT2D eigenvalue weighted by molar-refractivity contribution is 14.1. The minimum absolute atomic E-state index is 0.610. The van der Waals surface area contributed by atoms with Crippen molar-refractivity contribution in [3.05, 3.63) is 22.3 Å². The summed E-state index contributed by atoms with van der Waals surface area (Å²) in [6, 6.07) is 0.610. The van der Waals surface area contributed by atoms with Gasteiger partial charge in [-0.25, -0.2) is 0 Å². The monoisotopic (exact) mass is 249 g/mol. The van der Waals surface area contributed by atoms with Gasteiger partial charge in [-0.05, 0) is 35.4 Å². The largest absolute Gasteiger partial charge is 0.306 e. The first-order valence-electron chi connectivity index (χ1n) is 3.54. The van der Waals surface area contributed by atoms with Gasteiger partial charge in [-0.2, -0.15) is 0 Å². The normalized spacial score (nSPS) is 24.5. The van der Waals surface area contributed by atoms with E-state index in [1.54, 1.807) is 0 Å². The molecule has 1 aliphatic rings. The zero-order valence-corrected chi connectivity index (χ0v) is 8.10. The van der Waals surface area contributed by atoms with Gasteiger partial charge in [0.05, 0.1) is 0 Å². The molecule has 10 heavy (non-hydrogen) atoms. The number of nitrogens with one attached hydrogen (secondary N) is 1. The van der Waals surface area contributed by atoms with Gasteiger partial charge in [0.1, 0.15) is 0 Å².